The van der Waals surface area contributed by atoms with Gasteiger partial charge in [0.05, 0.1) is 18.3 Å². The number of unbranched alkanes of at least 4 members (excludes halogenated alkanes) is 1. The average Bonchev–Trinajstić information content (AvgIpc) is 3.27. The van der Waals surface area contributed by atoms with E-state index >= 15 is 0 Å². The molecule has 0 unspecified atom stereocenters. The second-order valence-corrected chi connectivity index (χ2v) is 8.73. The highest BCUT2D eigenvalue weighted by Gasteiger charge is 2.19. The van der Waals surface area contributed by atoms with Crippen LogP contribution in [0.3, 0.4) is 0 Å². The molecule has 1 amide bonds. The lowest BCUT2D eigenvalue weighted by molar-refractivity contribution is 0.0952. The van der Waals surface area contributed by atoms with Crippen LogP contribution in [0.1, 0.15) is 28.8 Å². The van der Waals surface area contributed by atoms with Crippen molar-refractivity contribution in [3.05, 3.63) is 72.3 Å². The maximum absolute atomic E-state index is 12.9. The van der Waals surface area contributed by atoms with E-state index in [-0.39, 0.29) is 10.8 Å². The Morgan fingerprint density at radius 3 is 2.58 bits per heavy atom. The second kappa shape index (κ2) is 10.1. The number of methoxy groups -OCH3 is 1. The summed E-state index contributed by atoms with van der Waals surface area (Å²) in [5.41, 5.74) is 1.26. The number of sulfonamides is 1. The van der Waals surface area contributed by atoms with Gasteiger partial charge in [-0.25, -0.2) is 13.4 Å². The normalized spacial score (nSPS) is 11.2. The Morgan fingerprint density at radius 2 is 1.90 bits per heavy atom. The van der Waals surface area contributed by atoms with Crippen molar-refractivity contribution in [1.82, 2.24) is 14.9 Å². The molecule has 8 nitrogen and oxygen atoms in total. The van der Waals surface area contributed by atoms with Gasteiger partial charge in [0.25, 0.3) is 15.9 Å². The molecule has 0 aliphatic heterocycles. The first-order chi connectivity index (χ1) is 14.9. The van der Waals surface area contributed by atoms with Crippen molar-refractivity contribution in [2.75, 3.05) is 18.4 Å². The maximum atomic E-state index is 12.9. The minimum atomic E-state index is -3.85. The minimum absolute atomic E-state index is 0.0658. The third-order valence-electron chi connectivity index (χ3n) is 4.77. The first kappa shape index (κ1) is 22.4. The lowest BCUT2D eigenvalue weighted by Gasteiger charge is -2.13. The van der Waals surface area contributed by atoms with Gasteiger partial charge in [0.1, 0.15) is 5.75 Å². The highest BCUT2D eigenvalue weighted by atomic mass is 32.2. The third-order valence-corrected chi connectivity index (χ3v) is 6.29. The molecule has 0 bridgehead atoms. The van der Waals surface area contributed by atoms with Gasteiger partial charge in [-0.3, -0.25) is 9.52 Å². The average molecular weight is 443 g/mol. The summed E-state index contributed by atoms with van der Waals surface area (Å²) in [6.45, 7) is 3.04. The molecule has 0 spiro atoms. The van der Waals surface area contributed by atoms with Crippen LogP contribution in [0.2, 0.25) is 0 Å². The molecule has 31 heavy (non-hydrogen) atoms. The number of imidazole rings is 1. The molecule has 0 fully saturated rings. The zero-order valence-electron chi connectivity index (χ0n) is 17.5. The van der Waals surface area contributed by atoms with Gasteiger partial charge >= 0.3 is 0 Å². The van der Waals surface area contributed by atoms with Crippen molar-refractivity contribution in [3.63, 3.8) is 0 Å². The predicted molar refractivity (Wildman–Crippen MR) is 119 cm³/mol. The van der Waals surface area contributed by atoms with E-state index in [1.165, 1.54) is 6.07 Å². The SMILES string of the molecule is COc1ccc(NS(=O)(=O)c2cc(C(=O)NCCCCn3ccnc3)ccc2C)cc1. The number of nitrogens with one attached hydrogen (secondary N) is 2. The van der Waals surface area contributed by atoms with Crippen LogP contribution in [0.15, 0.2) is 66.1 Å². The van der Waals surface area contributed by atoms with Gasteiger partial charge in [-0.05, 0) is 61.7 Å². The molecule has 0 saturated heterocycles. The zero-order valence-corrected chi connectivity index (χ0v) is 18.4. The fourth-order valence-corrected chi connectivity index (χ4v) is 4.37. The smallest absolute Gasteiger partial charge is 0.262 e. The van der Waals surface area contributed by atoms with Crippen LogP contribution < -0.4 is 14.8 Å². The molecule has 0 aliphatic carbocycles. The molecule has 0 atom stereocenters. The standard InChI is InChI=1S/C22H26N4O4S/c1-17-5-6-18(22(27)24-11-3-4-13-26-14-12-23-16-26)15-21(17)31(28,29)25-19-7-9-20(30-2)10-8-19/h5-10,12,14-16,25H,3-4,11,13H2,1-2H3,(H,24,27). The van der Waals surface area contributed by atoms with Gasteiger partial charge in [-0.1, -0.05) is 6.07 Å². The number of carbonyl (C=O) groups excluding carboxylic acids is 1. The Bertz CT molecular complexity index is 1110. The number of carbonyl (C=O) groups is 1. The molecule has 0 saturated carbocycles. The first-order valence-corrected chi connectivity index (χ1v) is 11.4. The summed E-state index contributed by atoms with van der Waals surface area (Å²) < 4.78 is 35.4. The van der Waals surface area contributed by atoms with E-state index in [9.17, 15) is 13.2 Å². The first-order valence-electron chi connectivity index (χ1n) is 9.90. The molecule has 1 aromatic heterocycles. The van der Waals surface area contributed by atoms with Crippen LogP contribution in [-0.4, -0.2) is 37.5 Å². The molecule has 9 heteroatoms. The second-order valence-electron chi connectivity index (χ2n) is 7.08. The monoisotopic (exact) mass is 442 g/mol. The van der Waals surface area contributed by atoms with Gasteiger partial charge in [0.15, 0.2) is 0 Å². The lowest BCUT2D eigenvalue weighted by Crippen LogP contribution is -2.25. The van der Waals surface area contributed by atoms with Gasteiger partial charge in [-0.2, -0.15) is 0 Å². The van der Waals surface area contributed by atoms with E-state index in [1.54, 1.807) is 63.0 Å². The Morgan fingerprint density at radius 1 is 1.13 bits per heavy atom. The Hall–Kier alpha value is -3.33. The minimum Gasteiger partial charge on any atom is -0.497 e. The van der Waals surface area contributed by atoms with Gasteiger partial charge in [-0.15, -0.1) is 0 Å². The predicted octanol–water partition coefficient (Wildman–Crippen LogP) is 3.21. The summed E-state index contributed by atoms with van der Waals surface area (Å²) in [4.78, 5) is 16.6. The molecule has 0 aliphatic rings. The van der Waals surface area contributed by atoms with E-state index in [2.05, 4.69) is 15.0 Å². The van der Waals surface area contributed by atoms with Crippen LogP contribution >= 0.6 is 0 Å². The molecule has 1 heterocycles. The number of hydrogen-bond donors (Lipinski definition) is 2. The highest BCUT2D eigenvalue weighted by Crippen LogP contribution is 2.22. The van der Waals surface area contributed by atoms with Gasteiger partial charge in [0, 0.05) is 36.7 Å². The van der Waals surface area contributed by atoms with Crippen molar-refractivity contribution in [2.45, 2.75) is 31.2 Å². The van der Waals surface area contributed by atoms with E-state index in [0.717, 1.165) is 19.4 Å². The number of aromatic nitrogens is 2. The van der Waals surface area contributed by atoms with Gasteiger partial charge < -0.3 is 14.6 Å². The number of rotatable bonds is 10. The Kier molecular flexibility index (Phi) is 7.30. The summed E-state index contributed by atoms with van der Waals surface area (Å²) >= 11 is 0. The van der Waals surface area contributed by atoms with Crippen LogP contribution in [0.4, 0.5) is 5.69 Å². The number of nitrogens with zero attached hydrogens (tertiary/aromatic N) is 2. The fourth-order valence-electron chi connectivity index (χ4n) is 3.04. The fraction of sp³-hybridized carbons (Fsp3) is 0.273. The van der Waals surface area contributed by atoms with Crippen molar-refractivity contribution in [3.8, 4) is 5.75 Å². The van der Waals surface area contributed by atoms with E-state index in [1.807, 2.05) is 10.8 Å². The van der Waals surface area contributed by atoms with E-state index in [0.29, 0.717) is 29.1 Å². The summed E-state index contributed by atoms with van der Waals surface area (Å²) in [6.07, 6.45) is 7.09. The maximum Gasteiger partial charge on any atom is 0.262 e. The zero-order chi connectivity index (χ0) is 22.3. The summed E-state index contributed by atoms with van der Waals surface area (Å²) in [5, 5.41) is 2.85. The largest absolute Gasteiger partial charge is 0.497 e. The number of benzene rings is 2. The van der Waals surface area contributed by atoms with Crippen LogP contribution in [0, 0.1) is 6.92 Å². The molecule has 3 aromatic rings. The number of aryl methyl sites for hydroxylation is 2. The lowest BCUT2D eigenvalue weighted by atomic mass is 10.1. The molecule has 2 N–H and O–H groups in total. The summed E-state index contributed by atoms with van der Waals surface area (Å²) in [7, 11) is -2.31. The molecular formula is C22H26N4O4S. The molecule has 0 radical (unpaired) electrons. The highest BCUT2D eigenvalue weighted by molar-refractivity contribution is 7.92. The molecule has 2 aromatic carbocycles. The molecular weight excluding hydrogens is 416 g/mol. The van der Waals surface area contributed by atoms with E-state index in [4.69, 9.17) is 4.74 Å². The van der Waals surface area contributed by atoms with Crippen molar-refractivity contribution < 1.29 is 17.9 Å². The number of ether oxygens (including phenoxy) is 1. The number of anilines is 1. The van der Waals surface area contributed by atoms with Crippen LogP contribution in [-0.2, 0) is 16.6 Å². The molecule has 3 rings (SSSR count). The Balaban J connectivity index is 1.61. The van der Waals surface area contributed by atoms with Crippen molar-refractivity contribution in [1.29, 1.82) is 0 Å². The summed E-state index contributed by atoms with van der Waals surface area (Å²) in [5.74, 6) is 0.325. The Labute approximate surface area is 182 Å². The van der Waals surface area contributed by atoms with Crippen LogP contribution in [0.5, 0.6) is 5.75 Å². The summed E-state index contributed by atoms with van der Waals surface area (Å²) in [6, 6.07) is 11.2. The number of amides is 1. The molecule has 164 valence electrons. The van der Waals surface area contributed by atoms with Crippen molar-refractivity contribution in [2.24, 2.45) is 0 Å². The number of hydrogen-bond acceptors (Lipinski definition) is 5. The topological polar surface area (TPSA) is 102 Å². The van der Waals surface area contributed by atoms with E-state index < -0.39 is 10.0 Å². The van der Waals surface area contributed by atoms with Gasteiger partial charge in [0.2, 0.25) is 0 Å². The van der Waals surface area contributed by atoms with Crippen LogP contribution in [0.25, 0.3) is 0 Å². The third kappa shape index (κ3) is 6.08. The quantitative estimate of drug-likeness (QED) is 0.470. The van der Waals surface area contributed by atoms with Crippen molar-refractivity contribution >= 4 is 21.6 Å².